The van der Waals surface area contributed by atoms with Crippen LogP contribution in [-0.4, -0.2) is 44.6 Å². The van der Waals surface area contributed by atoms with Crippen molar-refractivity contribution < 1.29 is 4.79 Å². The molecule has 3 N–H and O–H groups in total. The summed E-state index contributed by atoms with van der Waals surface area (Å²) in [5.74, 6) is 0.982. The molecule has 0 spiro atoms. The molecular formula is C24H34IN5O. The SMILES string of the molecule is CCNC(=NCC1CC(=O)Nc2ccccc21)NCCCN(CC)c1ccccc1.I. The number of aliphatic imine (C=N–C) groups is 1. The second-order valence-electron chi connectivity index (χ2n) is 7.45. The number of hydrogen-bond acceptors (Lipinski definition) is 3. The van der Waals surface area contributed by atoms with Crippen molar-refractivity contribution in [3.63, 3.8) is 0 Å². The largest absolute Gasteiger partial charge is 0.372 e. The fraction of sp³-hybridized carbons (Fsp3) is 0.417. The van der Waals surface area contributed by atoms with E-state index < -0.39 is 0 Å². The second kappa shape index (κ2) is 13.2. The molecule has 1 atom stereocenters. The van der Waals surface area contributed by atoms with Crippen molar-refractivity contribution in [2.24, 2.45) is 4.99 Å². The number of halogens is 1. The fourth-order valence-electron chi connectivity index (χ4n) is 3.79. The van der Waals surface area contributed by atoms with E-state index in [0.29, 0.717) is 13.0 Å². The first-order valence-electron chi connectivity index (χ1n) is 10.9. The van der Waals surface area contributed by atoms with Crippen molar-refractivity contribution in [1.82, 2.24) is 10.6 Å². The molecule has 7 heteroatoms. The molecule has 1 amide bonds. The van der Waals surface area contributed by atoms with Crippen molar-refractivity contribution in [3.8, 4) is 0 Å². The van der Waals surface area contributed by atoms with Gasteiger partial charge in [0.1, 0.15) is 0 Å². The number of guanidine groups is 1. The lowest BCUT2D eigenvalue weighted by Gasteiger charge is -2.25. The number of nitrogens with one attached hydrogen (secondary N) is 3. The summed E-state index contributed by atoms with van der Waals surface area (Å²) in [4.78, 5) is 19.2. The lowest BCUT2D eigenvalue weighted by molar-refractivity contribution is -0.116. The summed E-state index contributed by atoms with van der Waals surface area (Å²) in [5, 5.41) is 9.70. The molecule has 2 aromatic carbocycles. The molecular weight excluding hydrogens is 501 g/mol. The Morgan fingerprint density at radius 3 is 2.58 bits per heavy atom. The van der Waals surface area contributed by atoms with E-state index in [1.165, 1.54) is 5.69 Å². The third-order valence-electron chi connectivity index (χ3n) is 5.32. The van der Waals surface area contributed by atoms with Crippen LogP contribution in [0.15, 0.2) is 59.6 Å². The Morgan fingerprint density at radius 1 is 1.10 bits per heavy atom. The molecule has 31 heavy (non-hydrogen) atoms. The Bertz CT molecular complexity index is 843. The molecule has 0 fully saturated rings. The van der Waals surface area contributed by atoms with Gasteiger partial charge in [0.15, 0.2) is 5.96 Å². The molecule has 2 aromatic rings. The van der Waals surface area contributed by atoms with Gasteiger partial charge < -0.3 is 20.9 Å². The van der Waals surface area contributed by atoms with E-state index in [4.69, 9.17) is 4.99 Å². The molecule has 0 radical (unpaired) electrons. The number of hydrogen-bond donors (Lipinski definition) is 3. The summed E-state index contributed by atoms with van der Waals surface area (Å²) in [6, 6.07) is 18.5. The summed E-state index contributed by atoms with van der Waals surface area (Å²) in [5.41, 5.74) is 3.33. The van der Waals surface area contributed by atoms with E-state index in [1.807, 2.05) is 24.3 Å². The molecule has 168 valence electrons. The number of fused-ring (bicyclic) bond motifs is 1. The number of anilines is 2. The molecule has 1 heterocycles. The van der Waals surface area contributed by atoms with Crippen LogP contribution in [0.2, 0.25) is 0 Å². The Labute approximate surface area is 202 Å². The van der Waals surface area contributed by atoms with Gasteiger partial charge in [0.05, 0.1) is 6.54 Å². The third kappa shape index (κ3) is 7.41. The molecule has 3 rings (SSSR count). The van der Waals surface area contributed by atoms with Crippen LogP contribution in [0.25, 0.3) is 0 Å². The van der Waals surface area contributed by atoms with Gasteiger partial charge >= 0.3 is 0 Å². The average Bonchev–Trinajstić information content (AvgIpc) is 2.77. The maximum atomic E-state index is 12.0. The first-order chi connectivity index (χ1) is 14.7. The Hall–Kier alpha value is -2.29. The summed E-state index contributed by atoms with van der Waals surface area (Å²) in [6.07, 6.45) is 1.49. The van der Waals surface area contributed by atoms with E-state index >= 15 is 0 Å². The average molecular weight is 535 g/mol. The molecule has 1 unspecified atom stereocenters. The lowest BCUT2D eigenvalue weighted by atomic mass is 9.91. The van der Waals surface area contributed by atoms with Crippen LogP contribution in [0.1, 0.15) is 38.2 Å². The van der Waals surface area contributed by atoms with E-state index in [1.54, 1.807) is 0 Å². The summed E-state index contributed by atoms with van der Waals surface area (Å²) < 4.78 is 0. The van der Waals surface area contributed by atoms with Crippen LogP contribution >= 0.6 is 24.0 Å². The molecule has 0 saturated carbocycles. The highest BCUT2D eigenvalue weighted by atomic mass is 127. The normalized spacial score (nSPS) is 15.4. The maximum Gasteiger partial charge on any atom is 0.225 e. The van der Waals surface area contributed by atoms with Gasteiger partial charge in [0.2, 0.25) is 5.91 Å². The van der Waals surface area contributed by atoms with Crippen LogP contribution in [-0.2, 0) is 4.79 Å². The zero-order valence-electron chi connectivity index (χ0n) is 18.4. The van der Waals surface area contributed by atoms with Crippen molar-refractivity contribution in [2.45, 2.75) is 32.6 Å². The van der Waals surface area contributed by atoms with Crippen LogP contribution in [0.4, 0.5) is 11.4 Å². The first-order valence-corrected chi connectivity index (χ1v) is 10.9. The summed E-state index contributed by atoms with van der Waals surface area (Å²) in [6.45, 7) is 8.46. The Kier molecular flexibility index (Phi) is 10.6. The van der Waals surface area contributed by atoms with E-state index in [9.17, 15) is 4.79 Å². The second-order valence-corrected chi connectivity index (χ2v) is 7.45. The predicted molar refractivity (Wildman–Crippen MR) is 141 cm³/mol. The van der Waals surface area contributed by atoms with E-state index in [0.717, 1.165) is 49.8 Å². The number of rotatable bonds is 9. The lowest BCUT2D eigenvalue weighted by Crippen LogP contribution is -2.39. The highest BCUT2D eigenvalue weighted by Gasteiger charge is 2.24. The molecule has 0 aliphatic carbocycles. The standard InChI is InChI=1S/C24H33N5O.HI/c1-3-25-24(26-15-10-16-29(4-2)20-11-6-5-7-12-20)27-18-19-17-23(30)28-22-14-9-8-13-21(19)22;/h5-9,11-14,19H,3-4,10,15-18H2,1-2H3,(H,28,30)(H2,25,26,27);1H. The number of carbonyl (C=O) groups excluding carboxylic acids is 1. The van der Waals surface area contributed by atoms with Crippen molar-refractivity contribution in [3.05, 3.63) is 60.2 Å². The topological polar surface area (TPSA) is 68.8 Å². The molecule has 0 saturated heterocycles. The molecule has 1 aliphatic heterocycles. The van der Waals surface area contributed by atoms with Crippen LogP contribution in [0, 0.1) is 0 Å². The third-order valence-corrected chi connectivity index (χ3v) is 5.32. The van der Waals surface area contributed by atoms with Crippen LogP contribution in [0.5, 0.6) is 0 Å². The van der Waals surface area contributed by atoms with Gasteiger partial charge in [-0.25, -0.2) is 0 Å². The van der Waals surface area contributed by atoms with Gasteiger partial charge in [-0.3, -0.25) is 9.79 Å². The van der Waals surface area contributed by atoms with E-state index in [2.05, 4.69) is 65.0 Å². The van der Waals surface area contributed by atoms with Crippen molar-refractivity contribution >= 4 is 47.2 Å². The zero-order valence-corrected chi connectivity index (χ0v) is 20.8. The van der Waals surface area contributed by atoms with Gasteiger partial charge in [-0.2, -0.15) is 0 Å². The monoisotopic (exact) mass is 535 g/mol. The van der Waals surface area contributed by atoms with Crippen molar-refractivity contribution in [2.75, 3.05) is 42.9 Å². The molecule has 6 nitrogen and oxygen atoms in total. The van der Waals surface area contributed by atoms with Gasteiger partial charge in [0, 0.05) is 49.9 Å². The van der Waals surface area contributed by atoms with Gasteiger partial charge in [-0.1, -0.05) is 36.4 Å². The van der Waals surface area contributed by atoms with E-state index in [-0.39, 0.29) is 35.8 Å². The Morgan fingerprint density at radius 2 is 1.84 bits per heavy atom. The summed E-state index contributed by atoms with van der Waals surface area (Å²) in [7, 11) is 0. The number of carbonyl (C=O) groups is 1. The molecule has 0 aromatic heterocycles. The Balaban J connectivity index is 0.00000341. The molecule has 1 aliphatic rings. The smallest absolute Gasteiger partial charge is 0.225 e. The number of nitrogens with zero attached hydrogens (tertiary/aromatic N) is 2. The minimum Gasteiger partial charge on any atom is -0.372 e. The maximum absolute atomic E-state index is 12.0. The van der Waals surface area contributed by atoms with Gasteiger partial charge in [-0.15, -0.1) is 24.0 Å². The summed E-state index contributed by atoms with van der Waals surface area (Å²) >= 11 is 0. The van der Waals surface area contributed by atoms with Gasteiger partial charge in [0.25, 0.3) is 0 Å². The predicted octanol–water partition coefficient (Wildman–Crippen LogP) is 4.20. The number of para-hydroxylation sites is 2. The number of amides is 1. The van der Waals surface area contributed by atoms with Crippen LogP contribution in [0.3, 0.4) is 0 Å². The highest BCUT2D eigenvalue weighted by molar-refractivity contribution is 14.0. The van der Waals surface area contributed by atoms with Crippen LogP contribution < -0.4 is 20.9 Å². The van der Waals surface area contributed by atoms with Gasteiger partial charge in [-0.05, 0) is 44.0 Å². The first kappa shape index (κ1) is 25.0. The minimum absolute atomic E-state index is 0. The fourth-order valence-corrected chi connectivity index (χ4v) is 3.79. The van der Waals surface area contributed by atoms with Crippen molar-refractivity contribution in [1.29, 1.82) is 0 Å². The minimum atomic E-state index is 0. The zero-order chi connectivity index (χ0) is 21.2. The highest BCUT2D eigenvalue weighted by Crippen LogP contribution is 2.31. The molecule has 0 bridgehead atoms. The number of benzene rings is 2. The quantitative estimate of drug-likeness (QED) is 0.195.